The molecule has 0 amide bonds. The standard InChI is InChI=1S/C9H12INO.ClH/c10-9-4-2-1-3-7(9)5-8(11)6-12;/h1-4,8,12H,5-6,11H2;1H. The van der Waals surface area contributed by atoms with Crippen molar-refractivity contribution in [2.45, 2.75) is 12.5 Å². The van der Waals surface area contributed by atoms with E-state index in [0.717, 1.165) is 6.42 Å². The van der Waals surface area contributed by atoms with Crippen molar-refractivity contribution < 1.29 is 5.11 Å². The van der Waals surface area contributed by atoms with Crippen molar-refractivity contribution >= 4 is 35.0 Å². The average molecular weight is 314 g/mol. The van der Waals surface area contributed by atoms with Crippen molar-refractivity contribution in [1.82, 2.24) is 0 Å². The molecule has 0 bridgehead atoms. The Kier molecular flexibility index (Phi) is 6.67. The van der Waals surface area contributed by atoms with E-state index in [-0.39, 0.29) is 25.1 Å². The number of halogens is 2. The summed E-state index contributed by atoms with van der Waals surface area (Å²) in [6, 6.07) is 7.93. The molecule has 0 saturated heterocycles. The molecule has 1 aromatic carbocycles. The number of hydrogen-bond acceptors (Lipinski definition) is 2. The van der Waals surface area contributed by atoms with E-state index in [1.165, 1.54) is 9.13 Å². The smallest absolute Gasteiger partial charge is 0.0585 e. The van der Waals surface area contributed by atoms with E-state index >= 15 is 0 Å². The molecular weight excluding hydrogens is 300 g/mol. The molecule has 1 aromatic rings. The molecule has 0 aliphatic rings. The summed E-state index contributed by atoms with van der Waals surface area (Å²) in [5, 5.41) is 8.76. The second-order valence-corrected chi connectivity index (χ2v) is 3.90. The van der Waals surface area contributed by atoms with Crippen molar-refractivity contribution in [3.05, 3.63) is 33.4 Å². The average Bonchev–Trinajstić information content (AvgIpc) is 2.09. The van der Waals surface area contributed by atoms with Crippen LogP contribution in [0.3, 0.4) is 0 Å². The van der Waals surface area contributed by atoms with Crippen LogP contribution < -0.4 is 5.73 Å². The molecule has 0 saturated carbocycles. The Bertz CT molecular complexity index is 257. The number of aliphatic hydroxyl groups is 1. The number of rotatable bonds is 3. The van der Waals surface area contributed by atoms with E-state index in [0.29, 0.717) is 0 Å². The fourth-order valence-electron chi connectivity index (χ4n) is 1.01. The van der Waals surface area contributed by atoms with Gasteiger partial charge in [-0.2, -0.15) is 0 Å². The van der Waals surface area contributed by atoms with Gasteiger partial charge in [0.2, 0.25) is 0 Å². The predicted octanol–water partition coefficient (Wildman–Crippen LogP) is 1.58. The van der Waals surface area contributed by atoms with Crippen LogP contribution in [0.1, 0.15) is 5.56 Å². The number of nitrogens with two attached hydrogens (primary N) is 1. The summed E-state index contributed by atoms with van der Waals surface area (Å²) in [5.74, 6) is 0. The normalized spacial score (nSPS) is 11.9. The maximum atomic E-state index is 8.76. The second kappa shape index (κ2) is 6.59. The summed E-state index contributed by atoms with van der Waals surface area (Å²) in [5.41, 5.74) is 6.83. The fraction of sp³-hybridized carbons (Fsp3) is 0.333. The number of hydrogen-bond donors (Lipinski definition) is 2. The molecule has 2 nitrogen and oxygen atoms in total. The molecule has 3 N–H and O–H groups in total. The Balaban J connectivity index is 0.00000144. The van der Waals surface area contributed by atoms with Crippen LogP contribution >= 0.6 is 35.0 Å². The largest absolute Gasteiger partial charge is 0.395 e. The minimum absolute atomic E-state index is 0. The van der Waals surface area contributed by atoms with Gasteiger partial charge in [0.1, 0.15) is 0 Å². The first-order valence-corrected chi connectivity index (χ1v) is 4.91. The van der Waals surface area contributed by atoms with Gasteiger partial charge in [0.05, 0.1) is 6.61 Å². The van der Waals surface area contributed by atoms with Gasteiger partial charge in [0.15, 0.2) is 0 Å². The molecule has 4 heteroatoms. The van der Waals surface area contributed by atoms with E-state index in [1.54, 1.807) is 0 Å². The van der Waals surface area contributed by atoms with Crippen molar-refractivity contribution in [3.63, 3.8) is 0 Å². The molecule has 0 fully saturated rings. The molecular formula is C9H13ClINO. The third-order valence-electron chi connectivity index (χ3n) is 1.67. The van der Waals surface area contributed by atoms with E-state index in [2.05, 4.69) is 22.6 Å². The second-order valence-electron chi connectivity index (χ2n) is 2.74. The fourth-order valence-corrected chi connectivity index (χ4v) is 1.62. The summed E-state index contributed by atoms with van der Waals surface area (Å²) in [7, 11) is 0. The molecule has 13 heavy (non-hydrogen) atoms. The molecule has 0 radical (unpaired) electrons. The first-order chi connectivity index (χ1) is 5.74. The van der Waals surface area contributed by atoms with Crippen molar-refractivity contribution in [1.29, 1.82) is 0 Å². The van der Waals surface area contributed by atoms with Crippen LogP contribution in [0.4, 0.5) is 0 Å². The van der Waals surface area contributed by atoms with Gasteiger partial charge in [-0.25, -0.2) is 0 Å². The van der Waals surface area contributed by atoms with Gasteiger partial charge in [0.25, 0.3) is 0 Å². The van der Waals surface area contributed by atoms with Crippen molar-refractivity contribution in [2.75, 3.05) is 6.61 Å². The van der Waals surface area contributed by atoms with Gasteiger partial charge < -0.3 is 10.8 Å². The molecule has 1 atom stereocenters. The van der Waals surface area contributed by atoms with Gasteiger partial charge in [-0.1, -0.05) is 18.2 Å². The summed E-state index contributed by atoms with van der Waals surface area (Å²) < 4.78 is 1.21. The molecule has 0 heterocycles. The molecule has 0 aliphatic heterocycles. The van der Waals surface area contributed by atoms with Crippen LogP contribution in [-0.2, 0) is 6.42 Å². The summed E-state index contributed by atoms with van der Waals surface area (Å²) >= 11 is 2.27. The van der Waals surface area contributed by atoms with Gasteiger partial charge >= 0.3 is 0 Å². The molecule has 1 rings (SSSR count). The third-order valence-corrected chi connectivity index (χ3v) is 2.73. The molecule has 1 unspecified atom stereocenters. The minimum Gasteiger partial charge on any atom is -0.395 e. The quantitative estimate of drug-likeness (QED) is 0.832. The van der Waals surface area contributed by atoms with E-state index in [4.69, 9.17) is 10.8 Å². The van der Waals surface area contributed by atoms with E-state index < -0.39 is 0 Å². The van der Waals surface area contributed by atoms with Crippen molar-refractivity contribution in [2.24, 2.45) is 5.73 Å². The first-order valence-electron chi connectivity index (χ1n) is 3.84. The lowest BCUT2D eigenvalue weighted by molar-refractivity contribution is 0.265. The Morgan fingerprint density at radius 1 is 1.38 bits per heavy atom. The Hall–Kier alpha value is 0.160. The Morgan fingerprint density at radius 2 is 2.00 bits per heavy atom. The molecule has 0 spiro atoms. The highest BCUT2D eigenvalue weighted by Gasteiger charge is 2.04. The summed E-state index contributed by atoms with van der Waals surface area (Å²) in [6.07, 6.45) is 0.746. The highest BCUT2D eigenvalue weighted by molar-refractivity contribution is 14.1. The highest BCUT2D eigenvalue weighted by Crippen LogP contribution is 2.12. The van der Waals surface area contributed by atoms with Crippen LogP contribution in [0.15, 0.2) is 24.3 Å². The van der Waals surface area contributed by atoms with Gasteiger partial charge in [0, 0.05) is 9.61 Å². The van der Waals surface area contributed by atoms with Crippen LogP contribution in [-0.4, -0.2) is 17.8 Å². The zero-order valence-electron chi connectivity index (χ0n) is 7.11. The summed E-state index contributed by atoms with van der Waals surface area (Å²) in [6.45, 7) is 0.0466. The Morgan fingerprint density at radius 3 is 2.54 bits per heavy atom. The SMILES string of the molecule is Cl.NC(CO)Cc1ccccc1I. The van der Waals surface area contributed by atoms with Gasteiger partial charge in [-0.05, 0) is 40.6 Å². The van der Waals surface area contributed by atoms with Gasteiger partial charge in [-0.15, -0.1) is 12.4 Å². The van der Waals surface area contributed by atoms with Crippen LogP contribution in [0, 0.1) is 3.57 Å². The Labute approximate surface area is 98.1 Å². The van der Waals surface area contributed by atoms with Gasteiger partial charge in [-0.3, -0.25) is 0 Å². The van der Waals surface area contributed by atoms with Crippen LogP contribution in [0.2, 0.25) is 0 Å². The maximum absolute atomic E-state index is 8.76. The zero-order chi connectivity index (χ0) is 8.97. The lowest BCUT2D eigenvalue weighted by Gasteiger charge is -2.08. The summed E-state index contributed by atoms with van der Waals surface area (Å²) in [4.78, 5) is 0. The third kappa shape index (κ3) is 4.26. The first kappa shape index (κ1) is 13.2. The molecule has 0 aromatic heterocycles. The predicted molar refractivity (Wildman–Crippen MR) is 65.2 cm³/mol. The van der Waals surface area contributed by atoms with E-state index in [9.17, 15) is 0 Å². The molecule has 74 valence electrons. The number of benzene rings is 1. The maximum Gasteiger partial charge on any atom is 0.0585 e. The topological polar surface area (TPSA) is 46.2 Å². The highest BCUT2D eigenvalue weighted by atomic mass is 127. The van der Waals surface area contributed by atoms with Crippen LogP contribution in [0.5, 0.6) is 0 Å². The minimum atomic E-state index is -0.138. The van der Waals surface area contributed by atoms with E-state index in [1.807, 2.05) is 24.3 Å². The zero-order valence-corrected chi connectivity index (χ0v) is 10.1. The van der Waals surface area contributed by atoms with Crippen molar-refractivity contribution in [3.8, 4) is 0 Å². The number of aliphatic hydroxyl groups excluding tert-OH is 1. The lowest BCUT2D eigenvalue weighted by Crippen LogP contribution is -2.27. The molecule has 0 aliphatic carbocycles. The van der Waals surface area contributed by atoms with Crippen LogP contribution in [0.25, 0.3) is 0 Å². The lowest BCUT2D eigenvalue weighted by atomic mass is 10.1. The monoisotopic (exact) mass is 313 g/mol.